The molecule has 11 heteroatoms. The third-order valence-electron chi connectivity index (χ3n) is 5.80. The van der Waals surface area contributed by atoms with E-state index in [2.05, 4.69) is 10.6 Å². The van der Waals surface area contributed by atoms with Crippen LogP contribution >= 0.6 is 0 Å². The first kappa shape index (κ1) is 28.6. The first-order chi connectivity index (χ1) is 17.6. The highest BCUT2D eigenvalue weighted by Gasteiger charge is 2.55. The number of esters is 1. The summed E-state index contributed by atoms with van der Waals surface area (Å²) in [6, 6.07) is 8.74. The fourth-order valence-electron chi connectivity index (χ4n) is 4.29. The molecular weight excluding hydrogens is 484 g/mol. The third kappa shape index (κ3) is 8.26. The maximum Gasteiger partial charge on any atom is 0.407 e. The van der Waals surface area contributed by atoms with E-state index >= 15 is 0 Å². The predicted molar refractivity (Wildman–Crippen MR) is 131 cm³/mol. The smallest absolute Gasteiger partial charge is 0.407 e. The molecule has 37 heavy (non-hydrogen) atoms. The molecule has 1 aromatic rings. The molecule has 0 spiro atoms. The zero-order valence-electron chi connectivity index (χ0n) is 21.9. The Bertz CT molecular complexity index is 966. The Kier molecular flexibility index (Phi) is 10.0. The first-order valence-electron chi connectivity index (χ1n) is 12.3. The van der Waals surface area contributed by atoms with Crippen molar-refractivity contribution in [3.63, 3.8) is 0 Å². The van der Waals surface area contributed by atoms with Crippen LogP contribution in [0.4, 0.5) is 4.79 Å². The van der Waals surface area contributed by atoms with Crippen molar-refractivity contribution < 1.29 is 42.8 Å². The van der Waals surface area contributed by atoms with Gasteiger partial charge < -0.3 is 39.1 Å². The molecule has 2 fully saturated rings. The van der Waals surface area contributed by atoms with E-state index < -0.39 is 54.4 Å². The van der Waals surface area contributed by atoms with Gasteiger partial charge in [0, 0.05) is 20.1 Å². The number of alkyl carbamates (subject to hydrolysis) is 1. The summed E-state index contributed by atoms with van der Waals surface area (Å²) in [7, 11) is 1.53. The van der Waals surface area contributed by atoms with Gasteiger partial charge in [0.25, 0.3) is 0 Å². The lowest BCUT2D eigenvalue weighted by Gasteiger charge is -2.26. The van der Waals surface area contributed by atoms with Crippen LogP contribution in [-0.2, 0) is 44.6 Å². The molecule has 0 aliphatic carbocycles. The minimum Gasteiger partial charge on any atom is -0.461 e. The van der Waals surface area contributed by atoms with E-state index in [0.29, 0.717) is 6.42 Å². The van der Waals surface area contributed by atoms with Crippen molar-refractivity contribution in [1.29, 1.82) is 0 Å². The molecule has 3 rings (SSSR count). The number of fused-ring (bicyclic) bond motifs is 1. The monoisotopic (exact) mass is 520 g/mol. The maximum atomic E-state index is 12.7. The Morgan fingerprint density at radius 3 is 2.46 bits per heavy atom. The van der Waals surface area contributed by atoms with Gasteiger partial charge >= 0.3 is 12.1 Å². The largest absolute Gasteiger partial charge is 0.461 e. The lowest BCUT2D eigenvalue weighted by molar-refractivity contribution is -0.228. The minimum atomic E-state index is -0.811. The van der Waals surface area contributed by atoms with E-state index in [-0.39, 0.29) is 25.3 Å². The van der Waals surface area contributed by atoms with Crippen molar-refractivity contribution in [2.24, 2.45) is 0 Å². The lowest BCUT2D eigenvalue weighted by atomic mass is 10.0. The van der Waals surface area contributed by atoms with Crippen LogP contribution in [0.1, 0.15) is 46.1 Å². The van der Waals surface area contributed by atoms with Crippen LogP contribution < -0.4 is 10.6 Å². The second-order valence-electron chi connectivity index (χ2n) is 9.24. The zero-order valence-corrected chi connectivity index (χ0v) is 21.9. The summed E-state index contributed by atoms with van der Waals surface area (Å²) in [5, 5.41) is 5.32. The Balaban J connectivity index is 1.74. The molecule has 2 heterocycles. The van der Waals surface area contributed by atoms with Crippen molar-refractivity contribution in [1.82, 2.24) is 10.6 Å². The van der Waals surface area contributed by atoms with E-state index in [1.807, 2.05) is 44.2 Å². The molecule has 2 amide bonds. The molecule has 2 N–H and O–H groups in total. The van der Waals surface area contributed by atoms with Crippen LogP contribution in [0.25, 0.3) is 0 Å². The Morgan fingerprint density at radius 1 is 1.11 bits per heavy atom. The van der Waals surface area contributed by atoms with Crippen LogP contribution in [0, 0.1) is 0 Å². The van der Waals surface area contributed by atoms with E-state index in [1.54, 1.807) is 6.92 Å². The normalized spacial score (nSPS) is 25.2. The number of hydrogen-bond donors (Lipinski definition) is 2. The first-order valence-corrected chi connectivity index (χ1v) is 12.3. The molecule has 11 nitrogen and oxygen atoms in total. The summed E-state index contributed by atoms with van der Waals surface area (Å²) in [5.41, 5.74) is 0.827. The van der Waals surface area contributed by atoms with E-state index in [4.69, 9.17) is 28.4 Å². The number of ether oxygens (including phenoxy) is 6. The molecule has 5 atom stereocenters. The maximum absolute atomic E-state index is 12.7. The Morgan fingerprint density at radius 2 is 1.81 bits per heavy atom. The minimum absolute atomic E-state index is 0.0135. The topological polar surface area (TPSA) is 131 Å². The number of methoxy groups -OCH3 is 1. The van der Waals surface area contributed by atoms with Gasteiger partial charge in [0.2, 0.25) is 5.91 Å². The van der Waals surface area contributed by atoms with Crippen molar-refractivity contribution >= 4 is 18.0 Å². The van der Waals surface area contributed by atoms with Crippen molar-refractivity contribution in [2.45, 2.75) is 83.6 Å². The number of hydrogen-bond acceptors (Lipinski definition) is 9. The van der Waals surface area contributed by atoms with Crippen LogP contribution in [-0.4, -0.2) is 68.1 Å². The van der Waals surface area contributed by atoms with E-state index in [1.165, 1.54) is 20.1 Å². The molecule has 2 saturated heterocycles. The van der Waals surface area contributed by atoms with E-state index in [9.17, 15) is 14.4 Å². The van der Waals surface area contributed by atoms with Gasteiger partial charge in [-0.15, -0.1) is 0 Å². The summed E-state index contributed by atoms with van der Waals surface area (Å²) in [5.74, 6) is -1.91. The summed E-state index contributed by atoms with van der Waals surface area (Å²) >= 11 is 0. The van der Waals surface area contributed by atoms with Crippen LogP contribution in [0.5, 0.6) is 0 Å². The second kappa shape index (κ2) is 13.0. The van der Waals surface area contributed by atoms with Gasteiger partial charge in [-0.2, -0.15) is 0 Å². The molecule has 0 bridgehead atoms. The molecule has 0 unspecified atom stereocenters. The second-order valence-corrected chi connectivity index (χ2v) is 9.24. The molecule has 1 aromatic carbocycles. The van der Waals surface area contributed by atoms with Crippen LogP contribution in [0.3, 0.4) is 0 Å². The van der Waals surface area contributed by atoms with Crippen molar-refractivity contribution in [3.05, 3.63) is 47.7 Å². The zero-order chi connectivity index (χ0) is 27.0. The number of carbonyl (C=O) groups is 3. The Labute approximate surface area is 216 Å². The highest BCUT2D eigenvalue weighted by atomic mass is 16.8. The Hall–Kier alpha value is -2.99. The summed E-state index contributed by atoms with van der Waals surface area (Å²) in [6.07, 6.45) is -0.613. The van der Waals surface area contributed by atoms with Gasteiger partial charge in [0.15, 0.2) is 12.1 Å². The quantitative estimate of drug-likeness (QED) is 0.334. The van der Waals surface area contributed by atoms with Crippen molar-refractivity contribution in [2.75, 3.05) is 13.7 Å². The number of nitrogens with one attached hydrogen (secondary N) is 2. The lowest BCUT2D eigenvalue weighted by Crippen LogP contribution is -2.41. The van der Waals surface area contributed by atoms with Gasteiger partial charge in [-0.05, 0) is 39.2 Å². The molecule has 0 radical (unpaired) electrons. The third-order valence-corrected chi connectivity index (χ3v) is 5.80. The predicted octanol–water partition coefficient (Wildman–Crippen LogP) is 2.54. The van der Waals surface area contributed by atoms with E-state index in [0.717, 1.165) is 5.56 Å². The molecule has 2 aliphatic heterocycles. The van der Waals surface area contributed by atoms with Gasteiger partial charge in [0.1, 0.15) is 24.5 Å². The summed E-state index contributed by atoms with van der Waals surface area (Å²) < 4.78 is 33.9. The van der Waals surface area contributed by atoms with Gasteiger partial charge in [-0.3, -0.25) is 4.79 Å². The molecule has 0 saturated carbocycles. The van der Waals surface area contributed by atoms with Gasteiger partial charge in [0.05, 0.1) is 12.7 Å². The molecular formula is C26H36N2O9. The standard InChI is InChI=1S/C26H36N2O9/c1-6-33-23(30)19(27-16(2)29)13-12-18(28-25(31)34-15-17-10-8-7-9-11-17)14-20-21-22(24(32-5)35-20)37-26(3,4)36-21/h7-11,13,18,20-22,24H,6,12,14-15H2,1-5H3,(H,27,29)(H,28,31)/b19-13-/t18-,20+,21+,22+,24+/m0/s1. The fourth-order valence-corrected chi connectivity index (χ4v) is 4.29. The van der Waals surface area contributed by atoms with Crippen LogP contribution in [0.2, 0.25) is 0 Å². The number of amides is 2. The van der Waals surface area contributed by atoms with Crippen molar-refractivity contribution in [3.8, 4) is 0 Å². The number of rotatable bonds is 11. The fraction of sp³-hybridized carbons (Fsp3) is 0.577. The number of carbonyl (C=O) groups excluding carboxylic acids is 3. The molecule has 0 aromatic heterocycles. The average molecular weight is 521 g/mol. The van der Waals surface area contributed by atoms with Gasteiger partial charge in [-0.1, -0.05) is 36.4 Å². The van der Waals surface area contributed by atoms with Gasteiger partial charge in [-0.25, -0.2) is 9.59 Å². The summed E-state index contributed by atoms with van der Waals surface area (Å²) in [6.45, 7) is 6.83. The molecule has 2 aliphatic rings. The number of benzene rings is 1. The summed E-state index contributed by atoms with van der Waals surface area (Å²) in [4.78, 5) is 36.6. The SMILES string of the molecule is CCOC(=O)/C(=C/C[C@@H](C[C@H]1O[C@@H](OC)[C@@H]2OC(C)(C)O[C@@H]21)NC(=O)OCc1ccccc1)NC(C)=O. The molecule has 204 valence electrons. The van der Waals surface area contributed by atoms with Crippen LogP contribution in [0.15, 0.2) is 42.1 Å². The highest BCUT2D eigenvalue weighted by Crippen LogP contribution is 2.40. The highest BCUT2D eigenvalue weighted by molar-refractivity contribution is 5.93. The average Bonchev–Trinajstić information content (AvgIpc) is 3.33.